The van der Waals surface area contributed by atoms with Crippen LogP contribution in [0.1, 0.15) is 45.1 Å². The largest absolute Gasteiger partial charge is 0.419 e. The van der Waals surface area contributed by atoms with Crippen molar-refractivity contribution in [1.82, 2.24) is 24.1 Å². The van der Waals surface area contributed by atoms with E-state index in [1.807, 2.05) is 0 Å². The molecule has 1 amide bonds. The summed E-state index contributed by atoms with van der Waals surface area (Å²) >= 11 is 0. The van der Waals surface area contributed by atoms with Gasteiger partial charge in [0, 0.05) is 37.1 Å². The second-order valence-corrected chi connectivity index (χ2v) is 11.3. The number of hydrogen-bond donors (Lipinski definition) is 2. The van der Waals surface area contributed by atoms with E-state index in [0.29, 0.717) is 45.0 Å². The first-order chi connectivity index (χ1) is 15.8. The highest BCUT2D eigenvalue weighted by Crippen LogP contribution is 2.37. The number of amides is 1. The fourth-order valence-electron chi connectivity index (χ4n) is 3.76. The van der Waals surface area contributed by atoms with E-state index in [2.05, 4.69) is 20.4 Å². The number of hydrogen-bond acceptors (Lipinski definition) is 7. The number of carbonyl (C=O) groups is 1. The fourth-order valence-corrected chi connectivity index (χ4v) is 5.63. The smallest absolute Gasteiger partial charge is 0.368 e. The zero-order valence-electron chi connectivity index (χ0n) is 18.7. The minimum absolute atomic E-state index is 0.00610. The van der Waals surface area contributed by atoms with Crippen LogP contribution in [0.5, 0.6) is 0 Å². The van der Waals surface area contributed by atoms with Crippen molar-refractivity contribution >= 4 is 21.9 Å². The molecule has 1 aliphatic heterocycles. The molecule has 2 aromatic rings. The van der Waals surface area contributed by atoms with Crippen LogP contribution in [0.15, 0.2) is 18.6 Å². The summed E-state index contributed by atoms with van der Waals surface area (Å²) in [7, 11) is -3.26. The molecule has 0 bridgehead atoms. The lowest BCUT2D eigenvalue weighted by Crippen LogP contribution is -2.43. The number of rotatable bonds is 7. The van der Waals surface area contributed by atoms with Crippen LogP contribution < -0.4 is 11.1 Å². The minimum Gasteiger partial charge on any atom is -0.368 e. The van der Waals surface area contributed by atoms with E-state index in [1.54, 1.807) is 0 Å². The van der Waals surface area contributed by atoms with Crippen LogP contribution in [0, 0.1) is 0 Å². The minimum atomic E-state index is -4.71. The van der Waals surface area contributed by atoms with Crippen molar-refractivity contribution in [3.05, 3.63) is 24.2 Å². The van der Waals surface area contributed by atoms with Gasteiger partial charge in [0.2, 0.25) is 21.9 Å². The third kappa shape index (κ3) is 4.73. The van der Waals surface area contributed by atoms with Gasteiger partial charge in [-0.3, -0.25) is 9.48 Å². The van der Waals surface area contributed by atoms with Gasteiger partial charge in [0.15, 0.2) is 0 Å². The predicted molar refractivity (Wildman–Crippen MR) is 117 cm³/mol. The molecule has 2 fully saturated rings. The summed E-state index contributed by atoms with van der Waals surface area (Å²) in [5.41, 5.74) is 2.75. The van der Waals surface area contributed by atoms with Crippen molar-refractivity contribution in [2.45, 2.75) is 62.5 Å². The number of sulfonamides is 1. The molecule has 34 heavy (non-hydrogen) atoms. The molecule has 1 saturated carbocycles. The van der Waals surface area contributed by atoms with Crippen molar-refractivity contribution in [2.75, 3.05) is 18.4 Å². The highest BCUT2D eigenvalue weighted by atomic mass is 32.2. The summed E-state index contributed by atoms with van der Waals surface area (Å²) < 4.78 is 68.4. The summed E-state index contributed by atoms with van der Waals surface area (Å²) in [6.45, 7) is 3.66. The van der Waals surface area contributed by atoms with Gasteiger partial charge in [-0.1, -0.05) is 0 Å². The molecule has 4 rings (SSSR count). The molecule has 14 heteroatoms. The Morgan fingerprint density at radius 2 is 1.79 bits per heavy atom. The highest BCUT2D eigenvalue weighted by molar-refractivity contribution is 7.90. The zero-order chi connectivity index (χ0) is 24.9. The average Bonchev–Trinajstić information content (AvgIpc) is 3.50. The first-order valence-corrected chi connectivity index (χ1v) is 12.4. The molecular formula is C20H26F3N7O3S. The number of nitrogens with zero attached hydrogens (tertiary/aromatic N) is 5. The van der Waals surface area contributed by atoms with Crippen LogP contribution in [-0.4, -0.2) is 62.8 Å². The number of carbonyl (C=O) groups excluding carboxylic acids is 1. The Bertz CT molecular complexity index is 1180. The topological polar surface area (TPSA) is 136 Å². The van der Waals surface area contributed by atoms with Crippen LogP contribution in [-0.2, 0) is 26.5 Å². The normalized spacial score (nSPS) is 18.7. The average molecular weight is 502 g/mol. The number of anilines is 1. The van der Waals surface area contributed by atoms with E-state index in [-0.39, 0.29) is 28.5 Å². The SMILES string of the molecule is CC(C)(C(N)=O)n1cc(-c2nc(NC3CCN(S(=O)(=O)C4CC4)CC3)ncc2C(F)(F)F)cn1. The van der Waals surface area contributed by atoms with E-state index in [9.17, 15) is 26.4 Å². The van der Waals surface area contributed by atoms with Crippen LogP contribution in [0.3, 0.4) is 0 Å². The van der Waals surface area contributed by atoms with E-state index in [1.165, 1.54) is 35.2 Å². The van der Waals surface area contributed by atoms with Gasteiger partial charge in [-0.2, -0.15) is 18.3 Å². The third-order valence-electron chi connectivity index (χ3n) is 6.22. The second-order valence-electron chi connectivity index (χ2n) is 9.11. The maximum atomic E-state index is 13.7. The molecule has 1 saturated heterocycles. The van der Waals surface area contributed by atoms with E-state index >= 15 is 0 Å². The Kier molecular flexibility index (Phi) is 6.09. The van der Waals surface area contributed by atoms with Crippen molar-refractivity contribution in [3.63, 3.8) is 0 Å². The molecule has 2 aliphatic rings. The highest BCUT2D eigenvalue weighted by Gasteiger charge is 2.41. The number of nitrogens with one attached hydrogen (secondary N) is 1. The van der Waals surface area contributed by atoms with Crippen molar-refractivity contribution in [1.29, 1.82) is 0 Å². The molecule has 3 N–H and O–H groups in total. The van der Waals surface area contributed by atoms with Crippen LogP contribution in [0.25, 0.3) is 11.3 Å². The Balaban J connectivity index is 1.55. The lowest BCUT2D eigenvalue weighted by molar-refractivity contribution is -0.137. The maximum absolute atomic E-state index is 13.7. The van der Waals surface area contributed by atoms with Gasteiger partial charge in [0.25, 0.3) is 0 Å². The summed E-state index contributed by atoms with van der Waals surface area (Å²) in [5, 5.41) is 6.76. The first kappa shape index (κ1) is 24.4. The quantitative estimate of drug-likeness (QED) is 0.592. The summed E-state index contributed by atoms with van der Waals surface area (Å²) in [6, 6.07) is -0.188. The molecule has 186 valence electrons. The molecule has 10 nitrogen and oxygen atoms in total. The van der Waals surface area contributed by atoms with Gasteiger partial charge in [0.1, 0.15) is 11.1 Å². The molecule has 0 unspecified atom stereocenters. The number of alkyl halides is 3. The number of primary amides is 1. The molecule has 0 atom stereocenters. The Hall–Kier alpha value is -2.74. The molecule has 0 spiro atoms. The number of aromatic nitrogens is 4. The van der Waals surface area contributed by atoms with Gasteiger partial charge < -0.3 is 11.1 Å². The second kappa shape index (κ2) is 8.48. The monoisotopic (exact) mass is 501 g/mol. The van der Waals surface area contributed by atoms with Crippen LogP contribution in [0.2, 0.25) is 0 Å². The van der Waals surface area contributed by atoms with Crippen molar-refractivity contribution in [3.8, 4) is 11.3 Å². The van der Waals surface area contributed by atoms with Gasteiger partial charge >= 0.3 is 6.18 Å². The third-order valence-corrected chi connectivity index (χ3v) is 8.62. The van der Waals surface area contributed by atoms with Gasteiger partial charge in [-0.25, -0.2) is 22.7 Å². The van der Waals surface area contributed by atoms with Gasteiger partial charge in [-0.15, -0.1) is 0 Å². The summed E-state index contributed by atoms with van der Waals surface area (Å²) in [4.78, 5) is 19.6. The molecule has 0 radical (unpaired) electrons. The fraction of sp³-hybridized carbons (Fsp3) is 0.600. The Morgan fingerprint density at radius 1 is 1.15 bits per heavy atom. The van der Waals surface area contributed by atoms with Crippen molar-refractivity contribution < 1.29 is 26.4 Å². The van der Waals surface area contributed by atoms with E-state index in [4.69, 9.17) is 5.73 Å². The first-order valence-electron chi connectivity index (χ1n) is 10.9. The Morgan fingerprint density at radius 3 is 2.35 bits per heavy atom. The molecule has 1 aliphatic carbocycles. The summed E-state index contributed by atoms with van der Waals surface area (Å²) in [6.07, 6.45) is 0.810. The van der Waals surface area contributed by atoms with Gasteiger partial charge in [-0.05, 0) is 39.5 Å². The molecule has 3 heterocycles. The lowest BCUT2D eigenvalue weighted by atomic mass is 10.1. The standard InChI is InChI=1S/C20H26F3N7O3S/c1-19(2,17(24)31)30-11-12(9-26-30)16-15(20(21,22)23)10-25-18(28-16)27-13-5-7-29(8-6-13)34(32,33)14-3-4-14/h9-11,13-14H,3-8H2,1-2H3,(H2,24,31)(H,25,27,28). The lowest BCUT2D eigenvalue weighted by Gasteiger charge is -2.31. The number of halogens is 3. The van der Waals surface area contributed by atoms with E-state index in [0.717, 1.165) is 0 Å². The predicted octanol–water partition coefficient (Wildman–Crippen LogP) is 1.95. The number of nitrogens with two attached hydrogens (primary N) is 1. The maximum Gasteiger partial charge on any atom is 0.419 e. The van der Waals surface area contributed by atoms with Crippen LogP contribution in [0.4, 0.5) is 19.1 Å². The Labute approximate surface area is 194 Å². The zero-order valence-corrected chi connectivity index (χ0v) is 19.5. The number of piperidine rings is 1. The molecule has 0 aromatic carbocycles. The summed E-state index contributed by atoms with van der Waals surface area (Å²) in [5.74, 6) is -0.702. The molecule has 2 aromatic heterocycles. The van der Waals surface area contributed by atoms with Crippen molar-refractivity contribution in [2.24, 2.45) is 5.73 Å². The van der Waals surface area contributed by atoms with Gasteiger partial charge in [0.05, 0.1) is 17.1 Å². The van der Waals surface area contributed by atoms with E-state index < -0.39 is 33.2 Å². The molecular weight excluding hydrogens is 475 g/mol. The van der Waals surface area contributed by atoms with Crippen LogP contribution >= 0.6 is 0 Å².